The number of ether oxygens (including phenoxy) is 1. The minimum absolute atomic E-state index is 0.205. The fraction of sp³-hybridized carbons (Fsp3) is 0.462. The summed E-state index contributed by atoms with van der Waals surface area (Å²) in [7, 11) is 1.38. The van der Waals surface area contributed by atoms with Gasteiger partial charge in [0, 0.05) is 6.04 Å². The number of rotatable bonds is 5. The molecule has 94 valence electrons. The van der Waals surface area contributed by atoms with Crippen molar-refractivity contribution in [2.24, 2.45) is 0 Å². The number of phenols is 1. The lowest BCUT2D eigenvalue weighted by Gasteiger charge is -2.19. The normalized spacial score (nSPS) is 12.5. The number of aromatic hydroxyl groups is 1. The smallest absolute Gasteiger partial charge is 0.323 e. The van der Waals surface area contributed by atoms with Crippen molar-refractivity contribution in [3.05, 3.63) is 29.8 Å². The molecule has 0 spiro atoms. The van der Waals surface area contributed by atoms with E-state index in [0.717, 1.165) is 5.56 Å². The van der Waals surface area contributed by atoms with E-state index in [2.05, 4.69) is 5.32 Å². The third kappa shape index (κ3) is 4.44. The number of benzene rings is 1. The first kappa shape index (κ1) is 13.5. The molecule has 1 unspecified atom stereocenters. The van der Waals surface area contributed by atoms with Gasteiger partial charge in [-0.05, 0) is 24.1 Å². The molecule has 0 fully saturated rings. The fourth-order valence-corrected chi connectivity index (χ4v) is 1.62. The van der Waals surface area contributed by atoms with E-state index in [1.54, 1.807) is 24.3 Å². The van der Waals surface area contributed by atoms with Gasteiger partial charge in [0.05, 0.1) is 7.11 Å². The van der Waals surface area contributed by atoms with E-state index >= 15 is 0 Å². The summed E-state index contributed by atoms with van der Waals surface area (Å²) in [5, 5.41) is 12.3. The quantitative estimate of drug-likeness (QED) is 0.761. The summed E-state index contributed by atoms with van der Waals surface area (Å²) < 4.78 is 4.76. The molecule has 1 rings (SSSR count). The summed E-state index contributed by atoms with van der Waals surface area (Å²) in [5.41, 5.74) is 0.978. The molecule has 1 aromatic rings. The molecule has 0 aliphatic rings. The molecule has 0 radical (unpaired) electrons. The Hall–Kier alpha value is -1.55. The lowest BCUT2D eigenvalue weighted by Crippen LogP contribution is -2.43. The van der Waals surface area contributed by atoms with E-state index in [0.29, 0.717) is 6.42 Å². The van der Waals surface area contributed by atoms with Crippen molar-refractivity contribution in [1.29, 1.82) is 0 Å². The first-order valence-corrected chi connectivity index (χ1v) is 5.64. The number of carbonyl (C=O) groups excluding carboxylic acids is 1. The average Bonchev–Trinajstić information content (AvgIpc) is 2.29. The molecule has 0 aliphatic heterocycles. The van der Waals surface area contributed by atoms with Crippen LogP contribution in [0.5, 0.6) is 5.75 Å². The second kappa shape index (κ2) is 6.25. The second-order valence-electron chi connectivity index (χ2n) is 4.27. The molecule has 0 heterocycles. The predicted octanol–water partition coefficient (Wildman–Crippen LogP) is 1.47. The lowest BCUT2D eigenvalue weighted by molar-refractivity contribution is -0.143. The highest BCUT2D eigenvalue weighted by molar-refractivity contribution is 5.76. The third-order valence-electron chi connectivity index (χ3n) is 2.40. The van der Waals surface area contributed by atoms with Crippen LogP contribution in [0, 0.1) is 0 Å². The van der Waals surface area contributed by atoms with Gasteiger partial charge in [-0.25, -0.2) is 0 Å². The van der Waals surface area contributed by atoms with Gasteiger partial charge in [-0.1, -0.05) is 26.0 Å². The monoisotopic (exact) mass is 237 g/mol. The summed E-state index contributed by atoms with van der Waals surface area (Å²) >= 11 is 0. The molecular formula is C13H19NO3. The van der Waals surface area contributed by atoms with Crippen molar-refractivity contribution in [2.45, 2.75) is 32.4 Å². The summed E-state index contributed by atoms with van der Waals surface area (Å²) in [4.78, 5) is 11.6. The van der Waals surface area contributed by atoms with Crippen molar-refractivity contribution in [3.63, 3.8) is 0 Å². The maximum atomic E-state index is 11.6. The van der Waals surface area contributed by atoms with Crippen molar-refractivity contribution >= 4 is 5.97 Å². The van der Waals surface area contributed by atoms with Crippen LogP contribution in [-0.2, 0) is 16.0 Å². The molecule has 4 nitrogen and oxygen atoms in total. The van der Waals surface area contributed by atoms with Crippen LogP contribution in [0.25, 0.3) is 0 Å². The van der Waals surface area contributed by atoms with Gasteiger partial charge in [0.2, 0.25) is 0 Å². The molecule has 0 saturated carbocycles. The van der Waals surface area contributed by atoms with Gasteiger partial charge < -0.3 is 15.2 Å². The Kier molecular flexibility index (Phi) is 4.97. The Labute approximate surface area is 102 Å². The van der Waals surface area contributed by atoms with Crippen LogP contribution in [0.4, 0.5) is 0 Å². The zero-order valence-electron chi connectivity index (χ0n) is 10.4. The van der Waals surface area contributed by atoms with Crippen molar-refractivity contribution in [3.8, 4) is 5.75 Å². The predicted molar refractivity (Wildman–Crippen MR) is 65.9 cm³/mol. The second-order valence-corrected chi connectivity index (χ2v) is 4.27. The first-order valence-electron chi connectivity index (χ1n) is 5.64. The first-order chi connectivity index (χ1) is 8.02. The maximum absolute atomic E-state index is 11.6. The Morgan fingerprint density at radius 3 is 2.41 bits per heavy atom. The Morgan fingerprint density at radius 2 is 1.94 bits per heavy atom. The van der Waals surface area contributed by atoms with Gasteiger partial charge in [0.25, 0.3) is 0 Å². The van der Waals surface area contributed by atoms with E-state index < -0.39 is 0 Å². The average molecular weight is 237 g/mol. The number of nitrogens with one attached hydrogen (secondary N) is 1. The summed E-state index contributed by atoms with van der Waals surface area (Å²) in [5.74, 6) is -0.0491. The Bertz CT molecular complexity index is 359. The number of phenolic OH excluding ortho intramolecular Hbond substituents is 1. The van der Waals surface area contributed by atoms with Crippen molar-refractivity contribution in [1.82, 2.24) is 5.32 Å². The molecule has 0 aromatic heterocycles. The standard InChI is InChI=1S/C13H19NO3/c1-9(2)14-12(13(16)17-3)8-10-4-6-11(15)7-5-10/h4-7,9,12,14-15H,8H2,1-3H3. The molecular weight excluding hydrogens is 218 g/mol. The van der Waals surface area contributed by atoms with Crippen LogP contribution in [-0.4, -0.2) is 30.3 Å². The van der Waals surface area contributed by atoms with E-state index in [9.17, 15) is 9.90 Å². The minimum atomic E-state index is -0.357. The SMILES string of the molecule is COC(=O)C(Cc1ccc(O)cc1)NC(C)C. The minimum Gasteiger partial charge on any atom is -0.508 e. The molecule has 0 amide bonds. The highest BCUT2D eigenvalue weighted by atomic mass is 16.5. The van der Waals surface area contributed by atoms with E-state index in [-0.39, 0.29) is 23.8 Å². The fourth-order valence-electron chi connectivity index (χ4n) is 1.62. The molecule has 1 atom stereocenters. The highest BCUT2D eigenvalue weighted by Crippen LogP contribution is 2.12. The van der Waals surface area contributed by atoms with E-state index in [4.69, 9.17) is 4.74 Å². The van der Waals surface area contributed by atoms with Crippen LogP contribution >= 0.6 is 0 Å². The number of esters is 1. The third-order valence-corrected chi connectivity index (χ3v) is 2.40. The Balaban J connectivity index is 2.71. The maximum Gasteiger partial charge on any atom is 0.323 e. The van der Waals surface area contributed by atoms with Gasteiger partial charge in [0.15, 0.2) is 0 Å². The van der Waals surface area contributed by atoms with Crippen molar-refractivity contribution in [2.75, 3.05) is 7.11 Å². The largest absolute Gasteiger partial charge is 0.508 e. The highest BCUT2D eigenvalue weighted by Gasteiger charge is 2.19. The van der Waals surface area contributed by atoms with Crippen LogP contribution in [0.15, 0.2) is 24.3 Å². The number of hydrogen-bond donors (Lipinski definition) is 2. The van der Waals surface area contributed by atoms with Crippen LogP contribution < -0.4 is 5.32 Å². The van der Waals surface area contributed by atoms with E-state index in [1.165, 1.54) is 7.11 Å². The zero-order chi connectivity index (χ0) is 12.8. The molecule has 2 N–H and O–H groups in total. The van der Waals surface area contributed by atoms with Gasteiger partial charge >= 0.3 is 5.97 Å². The number of carbonyl (C=O) groups is 1. The summed E-state index contributed by atoms with van der Waals surface area (Å²) in [6, 6.07) is 6.67. The molecule has 0 saturated heterocycles. The van der Waals surface area contributed by atoms with E-state index in [1.807, 2.05) is 13.8 Å². The topological polar surface area (TPSA) is 58.6 Å². The molecule has 1 aromatic carbocycles. The van der Waals surface area contributed by atoms with Crippen LogP contribution in [0.2, 0.25) is 0 Å². The van der Waals surface area contributed by atoms with Gasteiger partial charge in [0.1, 0.15) is 11.8 Å². The van der Waals surface area contributed by atoms with Gasteiger partial charge in [-0.2, -0.15) is 0 Å². The van der Waals surface area contributed by atoms with Crippen LogP contribution in [0.3, 0.4) is 0 Å². The van der Waals surface area contributed by atoms with Gasteiger partial charge in [-0.15, -0.1) is 0 Å². The molecule has 0 aliphatic carbocycles. The summed E-state index contributed by atoms with van der Waals surface area (Å²) in [6.45, 7) is 3.96. The molecule has 4 heteroatoms. The zero-order valence-corrected chi connectivity index (χ0v) is 10.4. The lowest BCUT2D eigenvalue weighted by atomic mass is 10.1. The van der Waals surface area contributed by atoms with Crippen LogP contribution in [0.1, 0.15) is 19.4 Å². The molecule has 17 heavy (non-hydrogen) atoms. The van der Waals surface area contributed by atoms with Gasteiger partial charge in [-0.3, -0.25) is 4.79 Å². The number of methoxy groups -OCH3 is 1. The van der Waals surface area contributed by atoms with Crippen molar-refractivity contribution < 1.29 is 14.6 Å². The number of hydrogen-bond acceptors (Lipinski definition) is 4. The summed E-state index contributed by atoms with van der Waals surface area (Å²) in [6.07, 6.45) is 0.547. The Morgan fingerprint density at radius 1 is 1.35 bits per heavy atom. The molecule has 0 bridgehead atoms.